The third-order valence-electron chi connectivity index (χ3n) is 5.97. The van der Waals surface area contributed by atoms with E-state index in [0.29, 0.717) is 29.6 Å². The minimum atomic E-state index is -0.355. The summed E-state index contributed by atoms with van der Waals surface area (Å²) in [5.74, 6) is 1.95. The van der Waals surface area contributed by atoms with Crippen molar-refractivity contribution in [3.05, 3.63) is 70.1 Å². The predicted octanol–water partition coefficient (Wildman–Crippen LogP) is 4.76. The zero-order valence-corrected chi connectivity index (χ0v) is 17.7. The number of benzene rings is 2. The van der Waals surface area contributed by atoms with Crippen LogP contribution in [0.4, 0.5) is 0 Å². The molecule has 0 saturated carbocycles. The molecule has 5 nitrogen and oxygen atoms in total. The molecule has 1 saturated heterocycles. The Morgan fingerprint density at radius 2 is 1.83 bits per heavy atom. The lowest BCUT2D eigenvalue weighted by Gasteiger charge is -2.32. The molecule has 0 amide bonds. The summed E-state index contributed by atoms with van der Waals surface area (Å²) in [6.07, 6.45) is 3.39. The molecule has 0 atom stereocenters. The first-order valence-corrected chi connectivity index (χ1v) is 10.7. The summed E-state index contributed by atoms with van der Waals surface area (Å²) < 4.78 is 16.8. The molecule has 1 fully saturated rings. The quantitative estimate of drug-likeness (QED) is 0.418. The first kappa shape index (κ1) is 20.5. The lowest BCUT2D eigenvalue weighted by Crippen LogP contribution is -2.34. The highest BCUT2D eigenvalue weighted by Gasteiger charge is 2.20. The van der Waals surface area contributed by atoms with Gasteiger partial charge in [0.15, 0.2) is 11.5 Å². The van der Waals surface area contributed by atoms with Gasteiger partial charge in [-0.05, 0) is 62.4 Å². The zero-order chi connectivity index (χ0) is 20.9. The fraction of sp³-hybridized carbons (Fsp3) is 0.400. The minimum absolute atomic E-state index is 0.355. The highest BCUT2D eigenvalue weighted by Crippen LogP contribution is 2.33. The summed E-state index contributed by atoms with van der Waals surface area (Å²) in [6, 6.07) is 16.0. The Hall–Kier alpha value is -2.79. The monoisotopic (exact) mass is 407 g/mol. The molecule has 0 spiro atoms. The maximum Gasteiger partial charge on any atom is 0.336 e. The number of hydrogen-bond acceptors (Lipinski definition) is 5. The summed E-state index contributed by atoms with van der Waals surface area (Å²) in [5.41, 5.74) is 2.50. The van der Waals surface area contributed by atoms with Crippen molar-refractivity contribution in [2.75, 3.05) is 33.4 Å². The molecule has 2 aromatic carbocycles. The largest absolute Gasteiger partial charge is 0.493 e. The fourth-order valence-corrected chi connectivity index (χ4v) is 4.28. The summed E-state index contributed by atoms with van der Waals surface area (Å²) in [7, 11) is 1.60. The molecule has 158 valence electrons. The smallest absolute Gasteiger partial charge is 0.336 e. The number of aryl methyl sites for hydroxylation is 1. The van der Waals surface area contributed by atoms with Crippen LogP contribution < -0.4 is 15.1 Å². The van der Waals surface area contributed by atoms with Crippen LogP contribution in [-0.2, 0) is 0 Å². The normalized spacial score (nSPS) is 15.4. The molecule has 1 aliphatic heterocycles. The van der Waals surface area contributed by atoms with Crippen LogP contribution in [0.2, 0.25) is 0 Å². The van der Waals surface area contributed by atoms with Crippen LogP contribution in [-0.4, -0.2) is 38.3 Å². The lowest BCUT2D eigenvalue weighted by atomic mass is 9.89. The fourth-order valence-electron chi connectivity index (χ4n) is 4.28. The van der Waals surface area contributed by atoms with E-state index in [1.54, 1.807) is 13.2 Å². The van der Waals surface area contributed by atoms with Crippen molar-refractivity contribution in [2.45, 2.75) is 32.1 Å². The average Bonchev–Trinajstić information content (AvgIpc) is 2.77. The number of likely N-dealkylation sites (tertiary alicyclic amines) is 1. The molecule has 1 aliphatic rings. The van der Waals surface area contributed by atoms with Crippen LogP contribution in [0.5, 0.6) is 11.5 Å². The van der Waals surface area contributed by atoms with Gasteiger partial charge in [-0.3, -0.25) is 0 Å². The lowest BCUT2D eigenvalue weighted by molar-refractivity contribution is 0.191. The summed E-state index contributed by atoms with van der Waals surface area (Å²) in [4.78, 5) is 14.1. The predicted molar refractivity (Wildman–Crippen MR) is 119 cm³/mol. The number of rotatable bonds is 7. The molecule has 30 heavy (non-hydrogen) atoms. The molecular weight excluding hydrogens is 378 g/mol. The van der Waals surface area contributed by atoms with E-state index in [1.165, 1.54) is 24.5 Å². The summed E-state index contributed by atoms with van der Waals surface area (Å²) in [6.45, 7) is 5.82. The van der Waals surface area contributed by atoms with Gasteiger partial charge in [0.1, 0.15) is 5.58 Å². The topological polar surface area (TPSA) is 51.9 Å². The molecule has 0 bridgehead atoms. The number of ether oxygens (including phenoxy) is 2. The number of nitrogens with zero attached hydrogens (tertiary/aromatic N) is 1. The van der Waals surface area contributed by atoms with Gasteiger partial charge in [0.2, 0.25) is 0 Å². The maximum atomic E-state index is 11.6. The number of fused-ring (bicyclic) bond motifs is 1. The van der Waals surface area contributed by atoms with Gasteiger partial charge in [-0.15, -0.1) is 0 Å². The maximum absolute atomic E-state index is 11.6. The van der Waals surface area contributed by atoms with Gasteiger partial charge in [0, 0.05) is 24.1 Å². The van der Waals surface area contributed by atoms with E-state index in [1.807, 2.05) is 13.0 Å². The molecule has 0 radical (unpaired) electrons. The second kappa shape index (κ2) is 9.35. The highest BCUT2D eigenvalue weighted by molar-refractivity contribution is 5.83. The Bertz CT molecular complexity index is 1040. The third-order valence-corrected chi connectivity index (χ3v) is 5.97. The molecule has 3 aromatic rings. The Kier molecular flexibility index (Phi) is 6.38. The number of methoxy groups -OCH3 is 1. The van der Waals surface area contributed by atoms with Gasteiger partial charge in [-0.1, -0.05) is 30.3 Å². The van der Waals surface area contributed by atoms with Crippen LogP contribution in [0.25, 0.3) is 11.0 Å². The van der Waals surface area contributed by atoms with E-state index >= 15 is 0 Å². The van der Waals surface area contributed by atoms with Crippen LogP contribution in [0.1, 0.15) is 36.3 Å². The highest BCUT2D eigenvalue weighted by atomic mass is 16.5. The molecule has 4 rings (SSSR count). The van der Waals surface area contributed by atoms with Gasteiger partial charge in [-0.2, -0.15) is 0 Å². The Morgan fingerprint density at radius 3 is 2.57 bits per heavy atom. The molecule has 0 aliphatic carbocycles. The van der Waals surface area contributed by atoms with Crippen molar-refractivity contribution in [3.8, 4) is 11.5 Å². The first-order valence-electron chi connectivity index (χ1n) is 10.7. The average molecular weight is 408 g/mol. The molecule has 5 heteroatoms. The number of piperidine rings is 1. The Labute approximate surface area is 177 Å². The number of hydrogen-bond donors (Lipinski definition) is 0. The molecule has 0 unspecified atom stereocenters. The second-order valence-corrected chi connectivity index (χ2v) is 7.98. The van der Waals surface area contributed by atoms with Crippen molar-refractivity contribution in [2.24, 2.45) is 0 Å². The first-order chi connectivity index (χ1) is 14.6. The van der Waals surface area contributed by atoms with Gasteiger partial charge < -0.3 is 18.8 Å². The van der Waals surface area contributed by atoms with E-state index in [2.05, 4.69) is 35.2 Å². The van der Waals surface area contributed by atoms with Crippen molar-refractivity contribution in [1.82, 2.24) is 4.90 Å². The molecule has 1 aromatic heterocycles. The van der Waals surface area contributed by atoms with Crippen LogP contribution >= 0.6 is 0 Å². The Morgan fingerprint density at radius 1 is 1.07 bits per heavy atom. The van der Waals surface area contributed by atoms with E-state index in [0.717, 1.165) is 37.0 Å². The molecule has 2 heterocycles. The van der Waals surface area contributed by atoms with E-state index in [9.17, 15) is 4.79 Å². The van der Waals surface area contributed by atoms with E-state index < -0.39 is 0 Å². The van der Waals surface area contributed by atoms with Crippen molar-refractivity contribution < 1.29 is 13.9 Å². The zero-order valence-electron chi connectivity index (χ0n) is 17.7. The van der Waals surface area contributed by atoms with Crippen LogP contribution in [0.15, 0.2) is 57.7 Å². The second-order valence-electron chi connectivity index (χ2n) is 7.98. The van der Waals surface area contributed by atoms with Crippen molar-refractivity contribution in [1.29, 1.82) is 0 Å². The summed E-state index contributed by atoms with van der Waals surface area (Å²) in [5, 5.41) is 0.869. The van der Waals surface area contributed by atoms with Crippen LogP contribution in [0.3, 0.4) is 0 Å². The minimum Gasteiger partial charge on any atom is -0.493 e. The van der Waals surface area contributed by atoms with Crippen LogP contribution in [0, 0.1) is 6.92 Å². The molecule has 0 N–H and O–H groups in total. The van der Waals surface area contributed by atoms with Gasteiger partial charge in [0.25, 0.3) is 0 Å². The van der Waals surface area contributed by atoms with Crippen molar-refractivity contribution >= 4 is 11.0 Å². The SMILES string of the molecule is COc1cc2oc(=O)cc(C)c2cc1OCCCN1CCC(c2ccccc2)CC1. The summed E-state index contributed by atoms with van der Waals surface area (Å²) >= 11 is 0. The third kappa shape index (κ3) is 4.68. The van der Waals surface area contributed by atoms with E-state index in [-0.39, 0.29) is 5.63 Å². The van der Waals surface area contributed by atoms with E-state index in [4.69, 9.17) is 13.9 Å². The Balaban J connectivity index is 1.30. The van der Waals surface area contributed by atoms with Gasteiger partial charge in [0.05, 0.1) is 13.7 Å². The molecular formula is C25H29NO4. The van der Waals surface area contributed by atoms with Crippen molar-refractivity contribution in [3.63, 3.8) is 0 Å². The standard InChI is InChI=1S/C25H29NO4/c1-18-15-25(27)30-22-17-23(28-2)24(16-21(18)22)29-14-6-11-26-12-9-20(10-13-26)19-7-4-3-5-8-19/h3-5,7-8,15-17,20H,6,9-14H2,1-2H3. The van der Waals surface area contributed by atoms with Gasteiger partial charge in [-0.25, -0.2) is 4.79 Å². The van der Waals surface area contributed by atoms with Gasteiger partial charge >= 0.3 is 5.63 Å².